The monoisotopic (exact) mass is 206 g/mol. The zero-order valence-electron chi connectivity index (χ0n) is 4.08. The third-order valence-electron chi connectivity index (χ3n) is 0. The van der Waals surface area contributed by atoms with Crippen molar-refractivity contribution in [3.8, 4) is 0 Å². The van der Waals surface area contributed by atoms with Crippen molar-refractivity contribution in [3.05, 3.63) is 0 Å². The minimum absolute atomic E-state index is 0. The molecule has 0 amide bonds. The minimum atomic E-state index is 0. The molecule has 0 aliphatic carbocycles. The maximum atomic E-state index is 0. The van der Waals surface area contributed by atoms with Gasteiger partial charge in [0.15, 0.2) is 0 Å². The topological polar surface area (TPSA) is 31.5 Å². The van der Waals surface area contributed by atoms with E-state index in [1.165, 1.54) is 0 Å². The van der Waals surface area contributed by atoms with E-state index < -0.39 is 0 Å². The molecule has 0 aromatic heterocycles. The van der Waals surface area contributed by atoms with Gasteiger partial charge >= 0.3 is 29.6 Å². The second-order valence-electron chi connectivity index (χ2n) is 0. The van der Waals surface area contributed by atoms with Crippen molar-refractivity contribution in [2.75, 3.05) is 0 Å². The molecule has 0 bridgehead atoms. The van der Waals surface area contributed by atoms with E-state index in [0.29, 0.717) is 0 Å². The van der Waals surface area contributed by atoms with E-state index in [1.807, 2.05) is 0 Å². The molecule has 0 heterocycles. The number of rotatable bonds is 0. The van der Waals surface area contributed by atoms with Gasteiger partial charge in [0.2, 0.25) is 0 Å². The van der Waals surface area contributed by atoms with Gasteiger partial charge in [0.05, 0.1) is 0 Å². The Hall–Kier alpha value is 2.35. The number of hydrogen-bond donors (Lipinski definition) is 0. The molecule has 0 unspecified atom stereocenters. The molecule has 0 aromatic carbocycles. The first-order valence-electron chi connectivity index (χ1n) is 0. The van der Waals surface area contributed by atoms with Crippen LogP contribution in [0.1, 0.15) is 1.43 Å². The summed E-state index contributed by atoms with van der Waals surface area (Å²) in [4.78, 5) is 0. The summed E-state index contributed by atoms with van der Waals surface area (Å²) in [6, 6.07) is 0. The van der Waals surface area contributed by atoms with E-state index in [1.54, 1.807) is 0 Å². The van der Waals surface area contributed by atoms with Crippen molar-refractivity contribution in [2.45, 2.75) is 0 Å². The molecule has 0 radical (unpaired) electrons. The summed E-state index contributed by atoms with van der Waals surface area (Å²) in [6.07, 6.45) is 0. The summed E-state index contributed by atoms with van der Waals surface area (Å²) in [5.41, 5.74) is 0. The Labute approximate surface area is 89.8 Å². The molecule has 0 fully saturated rings. The summed E-state index contributed by atoms with van der Waals surface area (Å²) in [5.74, 6) is 0. The molecule has 6 heavy (non-hydrogen) atoms. The molecule has 0 rings (SSSR count). The summed E-state index contributed by atoms with van der Waals surface area (Å²) in [7, 11) is 0. The molecular weight excluding hydrogens is 201 g/mol. The zero-order chi connectivity index (χ0) is 0. The molecule has 6 heteroatoms. The van der Waals surface area contributed by atoms with Crippen LogP contribution in [-0.4, -0.2) is 5.48 Å². The molecule has 0 spiro atoms. The quantitative estimate of drug-likeness (QED) is 0.395. The van der Waals surface area contributed by atoms with Crippen LogP contribution >= 0.6 is 37.2 Å². The van der Waals surface area contributed by atoms with Crippen molar-refractivity contribution >= 4 is 37.2 Å². The molecule has 0 atom stereocenters. The fourth-order valence-corrected chi connectivity index (χ4v) is 0. The van der Waals surface area contributed by atoms with E-state index in [4.69, 9.17) is 0 Å². The van der Waals surface area contributed by atoms with Gasteiger partial charge in [0.1, 0.15) is 0 Å². The first-order chi connectivity index (χ1) is 0. The first kappa shape index (κ1) is 81.7. The Morgan fingerprint density at radius 2 is 0.833 bits per heavy atom. The van der Waals surface area contributed by atoms with Crippen LogP contribution in [0, 0.1) is 0 Å². The van der Waals surface area contributed by atoms with E-state index in [0.717, 1.165) is 0 Å². The van der Waals surface area contributed by atoms with Crippen LogP contribution < -0.4 is 29.6 Å². The van der Waals surface area contributed by atoms with Crippen LogP contribution in [0.3, 0.4) is 0 Å². The maximum absolute atomic E-state index is 0. The Morgan fingerprint density at radius 1 is 0.833 bits per heavy atom. The van der Waals surface area contributed by atoms with Crippen molar-refractivity contribution < 1.29 is 53.5 Å². The standard InChI is InChI=1S/3ClH.Fe.Na.H2O.H/h3*1H;;;1H2;/q;;;;+1;;-1. The fraction of sp³-hybridized carbons (Fsp3) is 0. The average Bonchev–Trinajstić information content (AvgIpc) is 0. The first-order valence-corrected chi connectivity index (χ1v) is 0. The number of hydrogen-bond acceptors (Lipinski definition) is 0. The average molecular weight is 207 g/mol. The Balaban J connectivity index is 0. The molecular formula is H6Cl3FeNaO. The van der Waals surface area contributed by atoms with Gasteiger partial charge < -0.3 is 6.90 Å². The summed E-state index contributed by atoms with van der Waals surface area (Å²) >= 11 is 0. The predicted octanol–water partition coefficient (Wildman–Crippen LogP) is -2.45. The second kappa shape index (κ2) is 53.7. The van der Waals surface area contributed by atoms with E-state index >= 15 is 0 Å². The molecule has 1 nitrogen and oxygen atoms in total. The van der Waals surface area contributed by atoms with Crippen molar-refractivity contribution in [2.24, 2.45) is 0 Å². The predicted molar refractivity (Wildman–Crippen MR) is 26.5 cm³/mol. The minimum Gasteiger partial charge on any atom is -1.00 e. The van der Waals surface area contributed by atoms with Crippen LogP contribution in [0.2, 0.25) is 0 Å². The largest absolute Gasteiger partial charge is 1.00 e. The van der Waals surface area contributed by atoms with E-state index in [-0.39, 0.29) is 90.7 Å². The molecule has 0 aliphatic heterocycles. The molecule has 2 N–H and O–H groups in total. The Kier molecular flexibility index (Phi) is 731. The van der Waals surface area contributed by atoms with Gasteiger partial charge in [0.25, 0.3) is 0 Å². The molecule has 42 valence electrons. The van der Waals surface area contributed by atoms with Crippen molar-refractivity contribution in [1.29, 1.82) is 0 Å². The molecule has 0 saturated heterocycles. The number of halogens is 3. The zero-order valence-corrected chi connectivity index (χ0v) is 8.63. The van der Waals surface area contributed by atoms with Gasteiger partial charge in [0, 0.05) is 17.1 Å². The molecule has 0 aromatic rings. The van der Waals surface area contributed by atoms with Crippen molar-refractivity contribution in [3.63, 3.8) is 0 Å². The molecule has 0 aliphatic rings. The normalized spacial score (nSPS) is 0. The second-order valence-corrected chi connectivity index (χ2v) is 0. The summed E-state index contributed by atoms with van der Waals surface area (Å²) < 4.78 is 0. The Morgan fingerprint density at radius 3 is 0.833 bits per heavy atom. The summed E-state index contributed by atoms with van der Waals surface area (Å²) in [6.45, 7) is 0. The van der Waals surface area contributed by atoms with Crippen LogP contribution in [0.5, 0.6) is 0 Å². The molecule has 0 saturated carbocycles. The van der Waals surface area contributed by atoms with Gasteiger partial charge in [-0.3, -0.25) is 0 Å². The van der Waals surface area contributed by atoms with Crippen LogP contribution in [0.25, 0.3) is 0 Å². The van der Waals surface area contributed by atoms with Gasteiger partial charge in [-0.15, -0.1) is 37.2 Å². The SMILES string of the molecule is Cl.Cl.Cl.O.[Fe].[H-].[Na+]. The smallest absolute Gasteiger partial charge is 1.00 e. The third-order valence-corrected chi connectivity index (χ3v) is 0. The summed E-state index contributed by atoms with van der Waals surface area (Å²) in [5, 5.41) is 0. The van der Waals surface area contributed by atoms with Crippen LogP contribution in [0.4, 0.5) is 0 Å². The third kappa shape index (κ3) is 32.9. The Bertz CT molecular complexity index is 14.9. The van der Waals surface area contributed by atoms with Crippen molar-refractivity contribution in [1.82, 2.24) is 0 Å². The van der Waals surface area contributed by atoms with Crippen LogP contribution in [-0.2, 0) is 17.1 Å². The van der Waals surface area contributed by atoms with Gasteiger partial charge in [-0.25, -0.2) is 0 Å². The van der Waals surface area contributed by atoms with Gasteiger partial charge in [-0.1, -0.05) is 0 Å². The van der Waals surface area contributed by atoms with E-state index in [2.05, 4.69) is 0 Å². The van der Waals surface area contributed by atoms with Gasteiger partial charge in [-0.2, -0.15) is 0 Å². The van der Waals surface area contributed by atoms with E-state index in [9.17, 15) is 0 Å². The van der Waals surface area contributed by atoms with Gasteiger partial charge in [-0.05, 0) is 0 Å². The fourth-order valence-electron chi connectivity index (χ4n) is 0. The van der Waals surface area contributed by atoms with Crippen LogP contribution in [0.15, 0.2) is 0 Å². The maximum Gasteiger partial charge on any atom is 1.00 e.